The lowest BCUT2D eigenvalue weighted by atomic mass is 10.1. The van der Waals surface area contributed by atoms with Gasteiger partial charge in [-0.05, 0) is 18.8 Å². The fourth-order valence-corrected chi connectivity index (χ4v) is 3.11. The Hall–Kier alpha value is -0.540. The predicted molar refractivity (Wildman–Crippen MR) is 76.8 cm³/mol. The molecule has 0 unspecified atom stereocenters. The van der Waals surface area contributed by atoms with Crippen molar-refractivity contribution >= 4 is 29.2 Å². The fourth-order valence-electron chi connectivity index (χ4n) is 2.29. The molecule has 1 fully saturated rings. The molecule has 0 saturated carbocycles. The van der Waals surface area contributed by atoms with Crippen molar-refractivity contribution in [2.24, 2.45) is 0 Å². The lowest BCUT2D eigenvalue weighted by Gasteiger charge is -2.21. The number of hydrogen-bond acceptors (Lipinski definition) is 3. The van der Waals surface area contributed by atoms with Gasteiger partial charge in [-0.2, -0.15) is 0 Å². The molecule has 0 radical (unpaired) electrons. The first kappa shape index (κ1) is 13.9. The van der Waals surface area contributed by atoms with Crippen LogP contribution in [-0.4, -0.2) is 23.1 Å². The topological polar surface area (TPSA) is 29.0 Å². The van der Waals surface area contributed by atoms with Crippen LogP contribution >= 0.6 is 23.2 Å². The van der Waals surface area contributed by atoms with E-state index in [1.54, 1.807) is 0 Å². The van der Waals surface area contributed by atoms with Gasteiger partial charge in [-0.1, -0.05) is 49.9 Å². The minimum absolute atomic E-state index is 0.239. The maximum atomic E-state index is 6.23. The Balaban J connectivity index is 2.29. The van der Waals surface area contributed by atoms with Gasteiger partial charge in [-0.25, -0.2) is 9.97 Å². The van der Waals surface area contributed by atoms with Crippen molar-refractivity contribution in [2.45, 2.75) is 45.4 Å². The van der Waals surface area contributed by atoms with Gasteiger partial charge in [0.05, 0.1) is 0 Å². The summed E-state index contributed by atoms with van der Waals surface area (Å²) in [5.41, 5.74) is 0.844. The first-order chi connectivity index (χ1) is 8.59. The monoisotopic (exact) mass is 287 g/mol. The Bertz CT molecular complexity index is 390. The second-order valence-corrected chi connectivity index (χ2v) is 5.79. The third kappa shape index (κ3) is 3.07. The van der Waals surface area contributed by atoms with Crippen LogP contribution in [0.2, 0.25) is 10.3 Å². The largest absolute Gasteiger partial charge is 0.341 e. The van der Waals surface area contributed by atoms with Crippen LogP contribution in [0.4, 0.5) is 5.95 Å². The minimum Gasteiger partial charge on any atom is -0.341 e. The number of anilines is 1. The number of aromatic nitrogens is 2. The van der Waals surface area contributed by atoms with Crippen LogP contribution in [0.25, 0.3) is 0 Å². The van der Waals surface area contributed by atoms with E-state index in [0.29, 0.717) is 16.3 Å². The van der Waals surface area contributed by atoms with Crippen LogP contribution in [-0.2, 0) is 0 Å². The van der Waals surface area contributed by atoms with Crippen LogP contribution in [0.1, 0.15) is 51.0 Å². The van der Waals surface area contributed by atoms with E-state index in [1.807, 2.05) is 13.8 Å². The molecule has 0 N–H and O–H groups in total. The van der Waals surface area contributed by atoms with Gasteiger partial charge in [0.2, 0.25) is 5.95 Å². The normalized spacial score (nSPS) is 17.1. The van der Waals surface area contributed by atoms with Crippen LogP contribution in [0.15, 0.2) is 0 Å². The number of rotatable bonds is 2. The summed E-state index contributed by atoms with van der Waals surface area (Å²) in [6.45, 7) is 6.07. The maximum absolute atomic E-state index is 6.23. The Morgan fingerprint density at radius 2 is 1.44 bits per heavy atom. The summed E-state index contributed by atoms with van der Waals surface area (Å²) >= 11 is 12.5. The van der Waals surface area contributed by atoms with Crippen molar-refractivity contribution < 1.29 is 0 Å². The smallest absolute Gasteiger partial charge is 0.228 e. The van der Waals surface area contributed by atoms with E-state index in [4.69, 9.17) is 23.2 Å². The Morgan fingerprint density at radius 3 is 1.89 bits per heavy atom. The molecule has 1 aliphatic heterocycles. The van der Waals surface area contributed by atoms with Gasteiger partial charge in [0.15, 0.2) is 0 Å². The number of halogens is 2. The summed E-state index contributed by atoms with van der Waals surface area (Å²) in [5, 5.41) is 0.980. The number of nitrogens with zero attached hydrogens (tertiary/aromatic N) is 3. The third-order valence-electron chi connectivity index (χ3n) is 3.31. The lowest BCUT2D eigenvalue weighted by molar-refractivity contribution is 0.726. The van der Waals surface area contributed by atoms with Crippen LogP contribution < -0.4 is 4.90 Å². The molecular weight excluding hydrogens is 269 g/mol. The molecule has 0 amide bonds. The number of hydrogen-bond donors (Lipinski definition) is 0. The van der Waals surface area contributed by atoms with Gasteiger partial charge in [-0.3, -0.25) is 0 Å². The first-order valence-electron chi connectivity index (χ1n) is 6.57. The molecule has 5 heteroatoms. The maximum Gasteiger partial charge on any atom is 0.228 e. The lowest BCUT2D eigenvalue weighted by Crippen LogP contribution is -2.26. The van der Waals surface area contributed by atoms with Crippen molar-refractivity contribution in [1.82, 2.24) is 9.97 Å². The third-order valence-corrected chi connectivity index (χ3v) is 3.88. The predicted octanol–water partition coefficient (Wildman–Crippen LogP) is 4.29. The molecule has 18 heavy (non-hydrogen) atoms. The van der Waals surface area contributed by atoms with Gasteiger partial charge in [-0.15, -0.1) is 0 Å². The highest BCUT2D eigenvalue weighted by molar-refractivity contribution is 6.34. The second-order valence-electron chi connectivity index (χ2n) is 5.07. The van der Waals surface area contributed by atoms with E-state index in [-0.39, 0.29) is 5.92 Å². The van der Waals surface area contributed by atoms with Gasteiger partial charge >= 0.3 is 0 Å². The van der Waals surface area contributed by atoms with Crippen LogP contribution in [0, 0.1) is 0 Å². The van der Waals surface area contributed by atoms with Gasteiger partial charge in [0, 0.05) is 18.7 Å². The Labute approximate surface area is 119 Å². The molecule has 2 rings (SSSR count). The minimum atomic E-state index is 0.239. The van der Waals surface area contributed by atoms with Crippen molar-refractivity contribution in [3.8, 4) is 0 Å². The van der Waals surface area contributed by atoms with Gasteiger partial charge in [0.1, 0.15) is 10.3 Å². The van der Waals surface area contributed by atoms with E-state index >= 15 is 0 Å². The molecule has 1 saturated heterocycles. The summed E-state index contributed by atoms with van der Waals surface area (Å²) < 4.78 is 0. The molecule has 0 atom stereocenters. The molecule has 1 aliphatic rings. The zero-order valence-electron chi connectivity index (χ0n) is 10.9. The molecule has 0 spiro atoms. The van der Waals surface area contributed by atoms with Crippen molar-refractivity contribution in [2.75, 3.05) is 18.0 Å². The molecule has 0 aliphatic carbocycles. The molecule has 2 heterocycles. The summed E-state index contributed by atoms with van der Waals surface area (Å²) in [4.78, 5) is 11.0. The highest BCUT2D eigenvalue weighted by Crippen LogP contribution is 2.31. The molecule has 0 bridgehead atoms. The second kappa shape index (κ2) is 6.07. The van der Waals surface area contributed by atoms with E-state index in [1.165, 1.54) is 25.7 Å². The standard InChI is InChI=1S/C13H19Cl2N3/c1-9(2)10-11(14)16-13(17-12(10)15)18-7-5-3-4-6-8-18/h9H,3-8H2,1-2H3. The van der Waals surface area contributed by atoms with E-state index in [0.717, 1.165) is 18.7 Å². The summed E-state index contributed by atoms with van der Waals surface area (Å²) in [7, 11) is 0. The SMILES string of the molecule is CC(C)c1c(Cl)nc(N2CCCCCC2)nc1Cl. The van der Waals surface area contributed by atoms with E-state index < -0.39 is 0 Å². The average molecular weight is 288 g/mol. The van der Waals surface area contributed by atoms with Gasteiger partial charge in [0.25, 0.3) is 0 Å². The molecule has 0 aromatic carbocycles. The molecular formula is C13H19Cl2N3. The molecule has 1 aromatic rings. The average Bonchev–Trinajstić information content (AvgIpc) is 2.55. The van der Waals surface area contributed by atoms with E-state index in [2.05, 4.69) is 14.9 Å². The van der Waals surface area contributed by atoms with Crippen LogP contribution in [0.5, 0.6) is 0 Å². The summed E-state index contributed by atoms with van der Waals surface area (Å²) in [5.74, 6) is 0.916. The van der Waals surface area contributed by atoms with Gasteiger partial charge < -0.3 is 4.90 Å². The molecule has 3 nitrogen and oxygen atoms in total. The van der Waals surface area contributed by atoms with E-state index in [9.17, 15) is 0 Å². The van der Waals surface area contributed by atoms with Crippen molar-refractivity contribution in [3.63, 3.8) is 0 Å². The Kier molecular flexibility index (Phi) is 4.68. The Morgan fingerprint density at radius 1 is 0.944 bits per heavy atom. The molecule has 100 valence electrons. The van der Waals surface area contributed by atoms with Crippen molar-refractivity contribution in [3.05, 3.63) is 15.9 Å². The fraction of sp³-hybridized carbons (Fsp3) is 0.692. The quantitative estimate of drug-likeness (QED) is 0.760. The van der Waals surface area contributed by atoms with Crippen LogP contribution in [0.3, 0.4) is 0 Å². The zero-order valence-corrected chi connectivity index (χ0v) is 12.4. The summed E-state index contributed by atoms with van der Waals surface area (Å²) in [6, 6.07) is 0. The zero-order chi connectivity index (χ0) is 13.1. The molecule has 1 aromatic heterocycles. The van der Waals surface area contributed by atoms with Crippen molar-refractivity contribution in [1.29, 1.82) is 0 Å². The highest BCUT2D eigenvalue weighted by Gasteiger charge is 2.18. The highest BCUT2D eigenvalue weighted by atomic mass is 35.5. The first-order valence-corrected chi connectivity index (χ1v) is 7.33. The summed E-state index contributed by atoms with van der Waals surface area (Å²) in [6.07, 6.45) is 4.93.